The van der Waals surface area contributed by atoms with E-state index in [2.05, 4.69) is 10.4 Å². The first-order chi connectivity index (χ1) is 8.97. The van der Waals surface area contributed by atoms with Crippen molar-refractivity contribution in [1.82, 2.24) is 9.78 Å². The predicted octanol–water partition coefficient (Wildman–Crippen LogP) is 3.66. The highest BCUT2D eigenvalue weighted by Gasteiger charge is 2.09. The van der Waals surface area contributed by atoms with Gasteiger partial charge in [0.1, 0.15) is 11.6 Å². The molecule has 0 saturated carbocycles. The molecule has 3 nitrogen and oxygen atoms in total. The summed E-state index contributed by atoms with van der Waals surface area (Å²) in [5.41, 5.74) is 1.27. The van der Waals surface area contributed by atoms with E-state index in [4.69, 9.17) is 0 Å². The van der Waals surface area contributed by atoms with Crippen LogP contribution in [0, 0.1) is 18.6 Å². The van der Waals surface area contributed by atoms with Crippen LogP contribution in [0.5, 0.6) is 0 Å². The first kappa shape index (κ1) is 13.5. The van der Waals surface area contributed by atoms with Gasteiger partial charge in [-0.3, -0.25) is 4.68 Å². The predicted molar refractivity (Wildman–Crippen MR) is 71.0 cm³/mol. The quantitative estimate of drug-likeness (QED) is 0.914. The minimum absolute atomic E-state index is 0.208. The van der Waals surface area contributed by atoms with Gasteiger partial charge in [-0.15, -0.1) is 0 Å². The number of aryl methyl sites for hydroxylation is 1. The molecule has 5 heteroatoms. The Kier molecular flexibility index (Phi) is 3.83. The second-order valence-electron chi connectivity index (χ2n) is 4.82. The van der Waals surface area contributed by atoms with Crippen molar-refractivity contribution in [1.29, 1.82) is 0 Å². The van der Waals surface area contributed by atoms with Gasteiger partial charge in [0.15, 0.2) is 5.82 Å². The van der Waals surface area contributed by atoms with Gasteiger partial charge in [-0.05, 0) is 39.0 Å². The van der Waals surface area contributed by atoms with Crippen molar-refractivity contribution in [2.24, 2.45) is 0 Å². The van der Waals surface area contributed by atoms with Crippen LogP contribution in [0.2, 0.25) is 0 Å². The molecule has 2 aromatic rings. The van der Waals surface area contributed by atoms with Crippen molar-refractivity contribution in [3.63, 3.8) is 0 Å². The summed E-state index contributed by atoms with van der Waals surface area (Å²) in [5, 5.41) is 7.40. The standard InChI is InChI=1S/C14H17F2N3/c1-9(2)19-8-10(3)14(18-19)17-7-11-6-12(15)4-5-13(11)16/h4-6,8-9H,7H2,1-3H3,(H,17,18). The number of aromatic nitrogens is 2. The number of nitrogens with one attached hydrogen (secondary N) is 1. The average molecular weight is 265 g/mol. The van der Waals surface area contributed by atoms with E-state index in [9.17, 15) is 8.78 Å². The van der Waals surface area contributed by atoms with E-state index in [0.717, 1.165) is 17.7 Å². The average Bonchev–Trinajstić information content (AvgIpc) is 2.72. The summed E-state index contributed by atoms with van der Waals surface area (Å²) in [6.07, 6.45) is 1.93. The summed E-state index contributed by atoms with van der Waals surface area (Å²) in [5.74, 6) is -0.171. The smallest absolute Gasteiger partial charge is 0.151 e. The summed E-state index contributed by atoms with van der Waals surface area (Å²) in [6.45, 7) is 6.20. The lowest BCUT2D eigenvalue weighted by Gasteiger charge is -2.07. The van der Waals surface area contributed by atoms with Crippen LogP contribution in [-0.2, 0) is 6.54 Å². The van der Waals surface area contributed by atoms with Gasteiger partial charge in [0, 0.05) is 29.9 Å². The summed E-state index contributed by atoms with van der Waals surface area (Å²) < 4.78 is 28.4. The molecular formula is C14H17F2N3. The largest absolute Gasteiger partial charge is 0.364 e. The summed E-state index contributed by atoms with van der Waals surface area (Å²) >= 11 is 0. The van der Waals surface area contributed by atoms with Crippen molar-refractivity contribution >= 4 is 5.82 Å². The number of nitrogens with zero attached hydrogens (tertiary/aromatic N) is 2. The number of anilines is 1. The third kappa shape index (κ3) is 3.10. The fourth-order valence-electron chi connectivity index (χ4n) is 1.78. The fraction of sp³-hybridized carbons (Fsp3) is 0.357. The Labute approximate surface area is 111 Å². The Balaban J connectivity index is 2.12. The van der Waals surface area contributed by atoms with Crippen molar-refractivity contribution < 1.29 is 8.78 Å². The molecule has 0 radical (unpaired) electrons. The molecule has 2 rings (SSSR count). The molecule has 1 heterocycles. The van der Waals surface area contributed by atoms with Crippen LogP contribution in [0.3, 0.4) is 0 Å². The van der Waals surface area contributed by atoms with E-state index < -0.39 is 11.6 Å². The van der Waals surface area contributed by atoms with Crippen LogP contribution in [0.15, 0.2) is 24.4 Å². The van der Waals surface area contributed by atoms with Gasteiger partial charge in [0.25, 0.3) is 0 Å². The molecule has 19 heavy (non-hydrogen) atoms. The molecule has 0 bridgehead atoms. The topological polar surface area (TPSA) is 29.9 Å². The lowest BCUT2D eigenvalue weighted by atomic mass is 10.2. The van der Waals surface area contributed by atoms with Crippen molar-refractivity contribution in [3.05, 3.63) is 47.2 Å². The molecule has 0 unspecified atom stereocenters. The third-order valence-corrected chi connectivity index (χ3v) is 2.90. The minimum Gasteiger partial charge on any atom is -0.364 e. The molecule has 0 aliphatic carbocycles. The SMILES string of the molecule is Cc1cn(C(C)C)nc1NCc1cc(F)ccc1F. The summed E-state index contributed by atoms with van der Waals surface area (Å²) in [4.78, 5) is 0. The van der Waals surface area contributed by atoms with E-state index in [1.165, 1.54) is 6.07 Å². The van der Waals surface area contributed by atoms with Crippen LogP contribution >= 0.6 is 0 Å². The van der Waals surface area contributed by atoms with E-state index in [1.54, 1.807) is 0 Å². The third-order valence-electron chi connectivity index (χ3n) is 2.90. The Hall–Kier alpha value is -1.91. The molecule has 1 N–H and O–H groups in total. The van der Waals surface area contributed by atoms with Gasteiger partial charge in [-0.1, -0.05) is 0 Å². The van der Waals surface area contributed by atoms with E-state index >= 15 is 0 Å². The zero-order valence-electron chi connectivity index (χ0n) is 11.2. The van der Waals surface area contributed by atoms with E-state index in [1.807, 2.05) is 31.6 Å². The van der Waals surface area contributed by atoms with Crippen LogP contribution in [0.25, 0.3) is 0 Å². The molecule has 102 valence electrons. The lowest BCUT2D eigenvalue weighted by Crippen LogP contribution is -2.05. The van der Waals surface area contributed by atoms with Gasteiger partial charge in [-0.25, -0.2) is 8.78 Å². The Bertz CT molecular complexity index is 576. The maximum atomic E-state index is 13.5. The normalized spacial score (nSPS) is 11.1. The zero-order chi connectivity index (χ0) is 14.0. The monoisotopic (exact) mass is 265 g/mol. The lowest BCUT2D eigenvalue weighted by molar-refractivity contribution is 0.533. The maximum absolute atomic E-state index is 13.5. The van der Waals surface area contributed by atoms with Gasteiger partial charge >= 0.3 is 0 Å². The molecule has 0 atom stereocenters. The first-order valence-corrected chi connectivity index (χ1v) is 6.21. The molecule has 0 saturated heterocycles. The maximum Gasteiger partial charge on any atom is 0.151 e. The molecule has 0 aliphatic rings. The van der Waals surface area contributed by atoms with E-state index in [0.29, 0.717) is 11.4 Å². The highest BCUT2D eigenvalue weighted by atomic mass is 19.1. The number of hydrogen-bond acceptors (Lipinski definition) is 2. The molecular weight excluding hydrogens is 248 g/mol. The van der Waals surface area contributed by atoms with Crippen molar-refractivity contribution in [2.75, 3.05) is 5.32 Å². The van der Waals surface area contributed by atoms with Crippen LogP contribution in [0.1, 0.15) is 31.0 Å². The molecule has 0 spiro atoms. The Morgan fingerprint density at radius 3 is 2.68 bits per heavy atom. The second kappa shape index (κ2) is 5.38. The van der Waals surface area contributed by atoms with Gasteiger partial charge in [0.05, 0.1) is 0 Å². The number of benzene rings is 1. The zero-order valence-corrected chi connectivity index (χ0v) is 11.2. The van der Waals surface area contributed by atoms with Crippen LogP contribution < -0.4 is 5.32 Å². The van der Waals surface area contributed by atoms with Crippen LogP contribution in [0.4, 0.5) is 14.6 Å². The molecule has 0 amide bonds. The van der Waals surface area contributed by atoms with Crippen molar-refractivity contribution in [3.8, 4) is 0 Å². The number of halogens is 2. The molecule has 1 aromatic carbocycles. The molecule has 1 aromatic heterocycles. The highest BCUT2D eigenvalue weighted by Crippen LogP contribution is 2.17. The Morgan fingerprint density at radius 2 is 2.05 bits per heavy atom. The molecule has 0 fully saturated rings. The van der Waals surface area contributed by atoms with Gasteiger partial charge < -0.3 is 5.32 Å². The van der Waals surface area contributed by atoms with E-state index in [-0.39, 0.29) is 12.6 Å². The summed E-state index contributed by atoms with van der Waals surface area (Å²) in [6, 6.07) is 3.70. The summed E-state index contributed by atoms with van der Waals surface area (Å²) in [7, 11) is 0. The number of hydrogen-bond donors (Lipinski definition) is 1. The minimum atomic E-state index is -0.442. The van der Waals surface area contributed by atoms with Crippen LogP contribution in [-0.4, -0.2) is 9.78 Å². The first-order valence-electron chi connectivity index (χ1n) is 6.21. The fourth-order valence-corrected chi connectivity index (χ4v) is 1.78. The van der Waals surface area contributed by atoms with Crippen molar-refractivity contribution in [2.45, 2.75) is 33.4 Å². The van der Waals surface area contributed by atoms with Gasteiger partial charge in [-0.2, -0.15) is 5.10 Å². The second-order valence-corrected chi connectivity index (χ2v) is 4.82. The highest BCUT2D eigenvalue weighted by molar-refractivity contribution is 5.42. The Morgan fingerprint density at radius 1 is 1.32 bits per heavy atom. The number of rotatable bonds is 4. The van der Waals surface area contributed by atoms with Gasteiger partial charge in [0.2, 0.25) is 0 Å². The molecule has 0 aliphatic heterocycles.